The zero-order valence-corrected chi connectivity index (χ0v) is 47.6. The number of para-hydroxylation sites is 4. The lowest BCUT2D eigenvalue weighted by Gasteiger charge is -2.21. The van der Waals surface area contributed by atoms with E-state index in [1.54, 1.807) is 0 Å². The van der Waals surface area contributed by atoms with Crippen molar-refractivity contribution in [3.63, 3.8) is 0 Å². The molecule has 0 unspecified atom stereocenters. The molecule has 8 heterocycles. The number of nitrogens with one attached hydrogen (secondary N) is 6. The fraction of sp³-hybridized carbons (Fsp3) is 0.171. The van der Waals surface area contributed by atoms with Gasteiger partial charge in [-0.1, -0.05) is 72.8 Å². The molecule has 14 rings (SSSR count). The molecule has 0 saturated carbocycles. The Kier molecular flexibility index (Phi) is 14.2. The number of ether oxygens (including phenoxy) is 8. The SMILES string of the molecule is O=C1NCc2cc3c4cc2CNC(=O)NCc2cc5c(cc2CN1)OCCOc1ccccc1-c1c2nc(c(c6ccc([nH]6)c(c6nc(c(c7ccc1[nH]7)-c1ccccc1OCCO3)C=C6)-c1ccccc1OCCO4)-c1ccccc1OCCO5)C=C2. The molecule has 0 fully saturated rings. The Balaban J connectivity index is 1.05. The van der Waals surface area contributed by atoms with E-state index in [1.807, 2.05) is 146 Å². The number of H-pyrrole nitrogens is 2. The lowest BCUT2D eigenvalue weighted by atomic mass is 10.0. The van der Waals surface area contributed by atoms with Crippen LogP contribution in [0.4, 0.5) is 9.59 Å². The summed E-state index contributed by atoms with van der Waals surface area (Å²) in [4.78, 5) is 46.8. The number of amides is 4. The van der Waals surface area contributed by atoms with Crippen molar-refractivity contribution in [3.8, 4) is 90.5 Å². The van der Waals surface area contributed by atoms with Gasteiger partial charge in [0.2, 0.25) is 0 Å². The van der Waals surface area contributed by atoms with Crippen LogP contribution in [0.25, 0.3) is 90.9 Å². The van der Waals surface area contributed by atoms with E-state index in [2.05, 4.69) is 55.5 Å². The molecule has 5 aliphatic rings. The molecule has 0 spiro atoms. The second-order valence-corrected chi connectivity index (χ2v) is 21.5. The van der Waals surface area contributed by atoms with Crippen molar-refractivity contribution in [1.82, 2.24) is 41.2 Å². The standard InChI is InChI=1S/C70H58N8O10/c79-69-71-37-41-33-61-62-34-42(41)38-72-70(80)74-40-44-36-64-63(35-43(44)39-73-69)87-31-27-83-59-15-7-3-11-47(59)67-51-19-20-52(76-51)68(48-12-4-8-16-60(48)84-28-32-88-64)56-24-23-55(78-56)66(46-10-2-6-14-58(46)82-26-30-86-62)50-18-17-49(75-50)65(53-21-22-54(67)77-53)45-9-1-5-13-57(45)81-25-29-85-61/h1-24,33-36,77-78H,25-32,37-40H2,(H2,71,73,79)(H2,72,74,80). The first-order valence-electron chi connectivity index (χ1n) is 29.3. The number of fused-ring (bicyclic) bond motifs is 20. The normalized spacial score (nSPS) is 15.3. The van der Waals surface area contributed by atoms with Gasteiger partial charge in [-0.3, -0.25) is 0 Å². The molecular weight excluding hydrogens is 1110 g/mol. The Hall–Kier alpha value is -11.1. The number of hydrogen-bond acceptors (Lipinski definition) is 12. The zero-order chi connectivity index (χ0) is 58.9. The highest BCUT2D eigenvalue weighted by Crippen LogP contribution is 2.45. The second kappa shape index (κ2) is 23.4. The maximum absolute atomic E-state index is 13.9. The summed E-state index contributed by atoms with van der Waals surface area (Å²) in [6.07, 6.45) is 8.18. The third-order valence-corrected chi connectivity index (χ3v) is 16.1. The van der Waals surface area contributed by atoms with Crippen LogP contribution in [-0.2, 0) is 26.2 Å². The maximum atomic E-state index is 13.9. The molecule has 0 atom stereocenters. The van der Waals surface area contributed by atoms with Crippen LogP contribution in [0.5, 0.6) is 46.0 Å². The summed E-state index contributed by atoms with van der Waals surface area (Å²) in [6, 6.07) is 46.4. The Morgan fingerprint density at radius 1 is 0.284 bits per heavy atom. The zero-order valence-electron chi connectivity index (χ0n) is 47.6. The van der Waals surface area contributed by atoms with Gasteiger partial charge in [-0.2, -0.15) is 0 Å². The predicted molar refractivity (Wildman–Crippen MR) is 336 cm³/mol. The van der Waals surface area contributed by atoms with Gasteiger partial charge >= 0.3 is 12.1 Å². The molecule has 0 radical (unpaired) electrons. The van der Waals surface area contributed by atoms with Crippen molar-refractivity contribution in [2.45, 2.75) is 26.2 Å². The van der Waals surface area contributed by atoms with E-state index >= 15 is 0 Å². The minimum atomic E-state index is -0.424. The van der Waals surface area contributed by atoms with Crippen LogP contribution in [0.2, 0.25) is 0 Å². The summed E-state index contributed by atoms with van der Waals surface area (Å²) in [5, 5.41) is 12.2. The molecule has 5 aliphatic heterocycles. The minimum absolute atomic E-state index is 0.0783. The van der Waals surface area contributed by atoms with Crippen LogP contribution >= 0.6 is 0 Å². The number of aromatic nitrogens is 4. The van der Waals surface area contributed by atoms with Gasteiger partial charge in [0.15, 0.2) is 23.0 Å². The summed E-state index contributed by atoms with van der Waals surface area (Å²) in [5.74, 6) is 3.97. The summed E-state index contributed by atoms with van der Waals surface area (Å²) in [6.45, 7) is 1.22. The van der Waals surface area contributed by atoms with Gasteiger partial charge in [-0.15, -0.1) is 0 Å². The lowest BCUT2D eigenvalue weighted by molar-refractivity contribution is 0.192. The Bertz CT molecular complexity index is 3960. The summed E-state index contributed by atoms with van der Waals surface area (Å²) in [7, 11) is 0. The first kappa shape index (κ1) is 53.6. The predicted octanol–water partition coefficient (Wildman–Crippen LogP) is 12.4. The van der Waals surface area contributed by atoms with E-state index in [4.69, 9.17) is 47.9 Å². The van der Waals surface area contributed by atoms with Gasteiger partial charge in [0.25, 0.3) is 0 Å². The number of hydrogen-bond donors (Lipinski definition) is 6. The monoisotopic (exact) mass is 1170 g/mol. The van der Waals surface area contributed by atoms with Gasteiger partial charge in [0.1, 0.15) is 75.9 Å². The van der Waals surface area contributed by atoms with Crippen molar-refractivity contribution in [1.29, 1.82) is 0 Å². The molecule has 9 aromatic rings. The number of rotatable bonds is 0. The summed E-state index contributed by atoms with van der Waals surface area (Å²) >= 11 is 0. The number of carbonyl (C=O) groups excluding carboxylic acids is 2. The quantitative estimate of drug-likeness (QED) is 0.0837. The van der Waals surface area contributed by atoms with E-state index in [-0.39, 0.29) is 79.0 Å². The minimum Gasteiger partial charge on any atom is -0.489 e. The van der Waals surface area contributed by atoms with Crippen LogP contribution in [0.1, 0.15) is 45.0 Å². The molecule has 88 heavy (non-hydrogen) atoms. The first-order valence-corrected chi connectivity index (χ1v) is 29.3. The Labute approximate surface area is 505 Å². The number of benzene rings is 6. The van der Waals surface area contributed by atoms with E-state index in [9.17, 15) is 9.59 Å². The number of nitrogens with zero attached hydrogens (tertiary/aromatic N) is 2. The van der Waals surface area contributed by atoms with Crippen LogP contribution in [0.3, 0.4) is 0 Å². The van der Waals surface area contributed by atoms with Gasteiger partial charge in [0.05, 0.1) is 22.8 Å². The highest BCUT2D eigenvalue weighted by Gasteiger charge is 2.26. The molecule has 12 bridgehead atoms. The maximum Gasteiger partial charge on any atom is 0.315 e. The van der Waals surface area contributed by atoms with Crippen molar-refractivity contribution >= 4 is 58.4 Å². The van der Waals surface area contributed by atoms with Crippen molar-refractivity contribution in [3.05, 3.63) is 191 Å². The number of carbonyl (C=O) groups is 2. The van der Waals surface area contributed by atoms with E-state index in [0.717, 1.165) is 66.6 Å². The van der Waals surface area contributed by atoms with Gasteiger partial charge in [-0.05, 0) is 119 Å². The van der Waals surface area contributed by atoms with Crippen molar-refractivity contribution in [2.75, 3.05) is 52.9 Å². The smallest absolute Gasteiger partial charge is 0.315 e. The van der Waals surface area contributed by atoms with E-state index in [0.29, 0.717) is 91.0 Å². The van der Waals surface area contributed by atoms with E-state index < -0.39 is 12.1 Å². The lowest BCUT2D eigenvalue weighted by Crippen LogP contribution is -2.38. The topological polar surface area (TPSA) is 213 Å². The van der Waals surface area contributed by atoms with Crippen LogP contribution in [0.15, 0.2) is 146 Å². The van der Waals surface area contributed by atoms with Crippen molar-refractivity contribution in [2.24, 2.45) is 0 Å². The third kappa shape index (κ3) is 10.5. The van der Waals surface area contributed by atoms with Gasteiger partial charge in [0, 0.05) is 92.8 Å². The molecule has 18 nitrogen and oxygen atoms in total. The summed E-state index contributed by atoms with van der Waals surface area (Å²) in [5.41, 5.74) is 14.7. The fourth-order valence-corrected chi connectivity index (χ4v) is 12.0. The molecule has 6 N–H and O–H groups in total. The molecular formula is C70H58N8O10. The van der Waals surface area contributed by atoms with Crippen LogP contribution in [0, 0.1) is 0 Å². The molecule has 4 amide bonds. The highest BCUT2D eigenvalue weighted by atomic mass is 16.6. The molecule has 18 heteroatoms. The number of urea groups is 2. The Morgan fingerprint density at radius 3 is 0.761 bits per heavy atom. The molecule has 438 valence electrons. The average Bonchev–Trinajstić information content (AvgIpc) is 1.90. The molecule has 3 aromatic heterocycles. The number of aromatic amines is 2. The highest BCUT2D eigenvalue weighted by molar-refractivity contribution is 6.01. The fourth-order valence-electron chi connectivity index (χ4n) is 12.0. The van der Waals surface area contributed by atoms with Crippen molar-refractivity contribution < 1.29 is 47.5 Å². The van der Waals surface area contributed by atoms with Gasteiger partial charge in [-0.25, -0.2) is 19.6 Å². The van der Waals surface area contributed by atoms with Crippen LogP contribution < -0.4 is 59.2 Å². The van der Waals surface area contributed by atoms with Crippen LogP contribution in [-0.4, -0.2) is 84.9 Å². The average molecular weight is 1170 g/mol. The second-order valence-electron chi connectivity index (χ2n) is 21.5. The molecule has 0 aliphatic carbocycles. The first-order chi connectivity index (χ1) is 43.4. The third-order valence-electron chi connectivity index (χ3n) is 16.1. The summed E-state index contributed by atoms with van der Waals surface area (Å²) < 4.78 is 53.6. The molecule has 6 aromatic carbocycles. The van der Waals surface area contributed by atoms with Gasteiger partial charge < -0.3 is 69.1 Å². The Morgan fingerprint density at radius 2 is 0.511 bits per heavy atom. The molecule has 0 saturated heterocycles. The largest absolute Gasteiger partial charge is 0.489 e. The van der Waals surface area contributed by atoms with E-state index in [1.165, 1.54) is 0 Å².